The van der Waals surface area contributed by atoms with E-state index in [9.17, 15) is 18.0 Å². The lowest BCUT2D eigenvalue weighted by molar-refractivity contribution is -0.136. The van der Waals surface area contributed by atoms with Gasteiger partial charge in [-0.15, -0.1) is 0 Å². The van der Waals surface area contributed by atoms with E-state index in [4.69, 9.17) is 0 Å². The Morgan fingerprint density at radius 2 is 2.08 bits per heavy atom. The zero-order chi connectivity index (χ0) is 19.1. The van der Waals surface area contributed by atoms with Crippen molar-refractivity contribution < 1.29 is 18.0 Å². The molecule has 1 aliphatic rings. The number of thiazole rings is 1. The van der Waals surface area contributed by atoms with Crippen LogP contribution in [0.4, 0.5) is 5.13 Å². The SMILES string of the molecule is CC(C)C(C(=O)Nc1nc2ccc(S(C)(=O)=O)cc2s1)N1CCCC1=O. The van der Waals surface area contributed by atoms with E-state index in [2.05, 4.69) is 10.3 Å². The van der Waals surface area contributed by atoms with Gasteiger partial charge in [0, 0.05) is 19.2 Å². The molecule has 0 radical (unpaired) electrons. The fourth-order valence-electron chi connectivity index (χ4n) is 3.14. The molecule has 1 saturated heterocycles. The van der Waals surface area contributed by atoms with Gasteiger partial charge in [-0.2, -0.15) is 0 Å². The van der Waals surface area contributed by atoms with E-state index in [0.717, 1.165) is 12.7 Å². The fourth-order valence-corrected chi connectivity index (χ4v) is 4.77. The van der Waals surface area contributed by atoms with Crippen LogP contribution in [0, 0.1) is 5.92 Å². The molecule has 1 aromatic heterocycles. The molecule has 26 heavy (non-hydrogen) atoms. The van der Waals surface area contributed by atoms with Crippen molar-refractivity contribution in [2.75, 3.05) is 18.1 Å². The minimum atomic E-state index is -3.30. The molecule has 1 fully saturated rings. The maximum Gasteiger partial charge on any atom is 0.249 e. The van der Waals surface area contributed by atoms with Crippen LogP contribution in [0.3, 0.4) is 0 Å². The molecule has 2 heterocycles. The number of likely N-dealkylation sites (tertiary alicyclic amines) is 1. The zero-order valence-corrected chi connectivity index (χ0v) is 16.5. The van der Waals surface area contributed by atoms with E-state index in [1.54, 1.807) is 17.0 Å². The van der Waals surface area contributed by atoms with Gasteiger partial charge in [-0.3, -0.25) is 9.59 Å². The van der Waals surface area contributed by atoms with Crippen LogP contribution in [0.25, 0.3) is 10.2 Å². The molecule has 2 aromatic rings. The molecule has 1 unspecified atom stereocenters. The summed E-state index contributed by atoms with van der Waals surface area (Å²) in [5.41, 5.74) is 0.621. The van der Waals surface area contributed by atoms with Gasteiger partial charge in [0.1, 0.15) is 6.04 Å². The van der Waals surface area contributed by atoms with Gasteiger partial charge >= 0.3 is 0 Å². The van der Waals surface area contributed by atoms with E-state index < -0.39 is 15.9 Å². The average molecular weight is 396 g/mol. The Hall–Kier alpha value is -2.00. The van der Waals surface area contributed by atoms with Gasteiger partial charge in [-0.1, -0.05) is 25.2 Å². The Balaban J connectivity index is 1.85. The molecule has 1 aliphatic heterocycles. The molecule has 2 amide bonds. The van der Waals surface area contributed by atoms with Gasteiger partial charge in [0.15, 0.2) is 15.0 Å². The highest BCUT2D eigenvalue weighted by Gasteiger charge is 2.35. The third-order valence-electron chi connectivity index (χ3n) is 4.36. The Labute approximate surface area is 156 Å². The predicted octanol–water partition coefficient (Wildman–Crippen LogP) is 2.29. The lowest BCUT2D eigenvalue weighted by Crippen LogP contribution is -2.47. The largest absolute Gasteiger partial charge is 0.330 e. The Morgan fingerprint density at radius 3 is 2.65 bits per heavy atom. The van der Waals surface area contributed by atoms with Gasteiger partial charge < -0.3 is 10.2 Å². The summed E-state index contributed by atoms with van der Waals surface area (Å²) < 4.78 is 24.0. The molecule has 9 heteroatoms. The van der Waals surface area contributed by atoms with Crippen LogP contribution in [-0.4, -0.2) is 49.0 Å². The summed E-state index contributed by atoms with van der Waals surface area (Å²) in [7, 11) is -3.30. The number of nitrogens with zero attached hydrogens (tertiary/aromatic N) is 2. The fraction of sp³-hybridized carbons (Fsp3) is 0.471. The van der Waals surface area contributed by atoms with Crippen LogP contribution in [0.2, 0.25) is 0 Å². The number of amides is 2. The Kier molecular flexibility index (Phi) is 5.03. The minimum Gasteiger partial charge on any atom is -0.330 e. The first-order valence-electron chi connectivity index (χ1n) is 8.38. The van der Waals surface area contributed by atoms with Gasteiger partial charge in [-0.05, 0) is 30.5 Å². The van der Waals surface area contributed by atoms with E-state index >= 15 is 0 Å². The maximum absolute atomic E-state index is 12.8. The summed E-state index contributed by atoms with van der Waals surface area (Å²) in [4.78, 5) is 31.0. The first-order valence-corrected chi connectivity index (χ1v) is 11.1. The number of nitrogens with one attached hydrogen (secondary N) is 1. The van der Waals surface area contributed by atoms with Crippen LogP contribution in [0.15, 0.2) is 23.1 Å². The maximum atomic E-state index is 12.8. The normalized spacial score (nSPS) is 16.5. The third-order valence-corrected chi connectivity index (χ3v) is 6.41. The molecule has 1 atom stereocenters. The number of carbonyl (C=O) groups is 2. The molecular weight excluding hydrogens is 374 g/mol. The molecule has 3 rings (SSSR count). The highest BCUT2D eigenvalue weighted by Crippen LogP contribution is 2.29. The number of benzene rings is 1. The van der Waals surface area contributed by atoms with Crippen molar-refractivity contribution in [2.24, 2.45) is 5.92 Å². The first-order chi connectivity index (χ1) is 12.2. The lowest BCUT2D eigenvalue weighted by Gasteiger charge is -2.29. The minimum absolute atomic E-state index is 0.000874. The van der Waals surface area contributed by atoms with Crippen molar-refractivity contribution in [3.63, 3.8) is 0 Å². The second-order valence-corrected chi connectivity index (χ2v) is 9.84. The van der Waals surface area contributed by atoms with Gasteiger partial charge in [0.25, 0.3) is 0 Å². The second kappa shape index (κ2) is 6.96. The standard InChI is InChI=1S/C17H21N3O4S2/c1-10(2)15(20-8-4-5-14(20)21)16(22)19-17-18-12-7-6-11(26(3,23)24)9-13(12)25-17/h6-7,9-10,15H,4-5,8H2,1-3H3,(H,18,19,22). The lowest BCUT2D eigenvalue weighted by atomic mass is 10.0. The summed E-state index contributed by atoms with van der Waals surface area (Å²) in [5, 5.41) is 3.19. The number of hydrogen-bond acceptors (Lipinski definition) is 6. The summed E-state index contributed by atoms with van der Waals surface area (Å²) in [6.07, 6.45) is 2.40. The number of carbonyl (C=O) groups excluding carboxylic acids is 2. The van der Waals surface area contributed by atoms with Crippen LogP contribution < -0.4 is 5.32 Å². The molecule has 0 spiro atoms. The molecule has 0 bridgehead atoms. The average Bonchev–Trinajstić information content (AvgIpc) is 3.11. The predicted molar refractivity (Wildman–Crippen MR) is 101 cm³/mol. The highest BCUT2D eigenvalue weighted by atomic mass is 32.2. The Morgan fingerprint density at radius 1 is 1.35 bits per heavy atom. The first kappa shape index (κ1) is 18.8. The van der Waals surface area contributed by atoms with Gasteiger partial charge in [0.2, 0.25) is 11.8 Å². The number of fused-ring (bicyclic) bond motifs is 1. The quantitative estimate of drug-likeness (QED) is 0.838. The van der Waals surface area contributed by atoms with Crippen LogP contribution >= 0.6 is 11.3 Å². The number of rotatable bonds is 5. The molecule has 0 saturated carbocycles. The number of hydrogen-bond donors (Lipinski definition) is 1. The molecule has 1 aromatic carbocycles. The summed E-state index contributed by atoms with van der Waals surface area (Å²) >= 11 is 1.22. The van der Waals surface area contributed by atoms with Crippen LogP contribution in [-0.2, 0) is 19.4 Å². The number of anilines is 1. The van der Waals surface area contributed by atoms with Crippen molar-refractivity contribution in [3.05, 3.63) is 18.2 Å². The smallest absolute Gasteiger partial charge is 0.249 e. The van der Waals surface area contributed by atoms with Crippen molar-refractivity contribution >= 4 is 48.3 Å². The third kappa shape index (κ3) is 3.73. The topological polar surface area (TPSA) is 96.4 Å². The van der Waals surface area contributed by atoms with Crippen LogP contribution in [0.5, 0.6) is 0 Å². The monoisotopic (exact) mass is 395 g/mol. The van der Waals surface area contributed by atoms with E-state index in [1.165, 1.54) is 17.4 Å². The highest BCUT2D eigenvalue weighted by molar-refractivity contribution is 7.90. The summed E-state index contributed by atoms with van der Waals surface area (Å²) in [6, 6.07) is 4.15. The second-order valence-electron chi connectivity index (χ2n) is 6.79. The van der Waals surface area contributed by atoms with E-state index in [1.807, 2.05) is 13.8 Å². The van der Waals surface area contributed by atoms with E-state index in [-0.39, 0.29) is 22.6 Å². The van der Waals surface area contributed by atoms with Crippen molar-refractivity contribution in [2.45, 2.75) is 37.6 Å². The van der Waals surface area contributed by atoms with Gasteiger partial charge in [-0.25, -0.2) is 13.4 Å². The molecular formula is C17H21N3O4S2. The Bertz CT molecular complexity index is 966. The van der Waals surface area contributed by atoms with Crippen molar-refractivity contribution in [1.82, 2.24) is 9.88 Å². The number of sulfone groups is 1. The molecule has 1 N–H and O–H groups in total. The zero-order valence-electron chi connectivity index (χ0n) is 14.9. The molecule has 140 valence electrons. The van der Waals surface area contributed by atoms with Gasteiger partial charge in [0.05, 0.1) is 15.1 Å². The van der Waals surface area contributed by atoms with E-state index in [0.29, 0.717) is 28.3 Å². The van der Waals surface area contributed by atoms with Crippen molar-refractivity contribution in [3.8, 4) is 0 Å². The number of aromatic nitrogens is 1. The van der Waals surface area contributed by atoms with Crippen LogP contribution in [0.1, 0.15) is 26.7 Å². The molecule has 0 aliphatic carbocycles. The summed E-state index contributed by atoms with van der Waals surface area (Å²) in [6.45, 7) is 4.41. The van der Waals surface area contributed by atoms with Crippen molar-refractivity contribution in [1.29, 1.82) is 0 Å². The summed E-state index contributed by atoms with van der Waals surface area (Å²) in [5.74, 6) is -0.290. The molecule has 7 nitrogen and oxygen atoms in total.